The third kappa shape index (κ3) is 3.02. The number of likely N-dealkylation sites (N-methyl/N-ethyl adjacent to an activating group) is 1. The van der Waals surface area contributed by atoms with Crippen LogP contribution in [0.5, 0.6) is 0 Å². The molecular weight excluding hydrogens is 292 g/mol. The predicted octanol–water partition coefficient (Wildman–Crippen LogP) is 1.86. The molecule has 1 rings (SSSR count). The summed E-state index contributed by atoms with van der Waals surface area (Å²) in [5.74, 6) is -4.83. The van der Waals surface area contributed by atoms with Crippen molar-refractivity contribution in [3.63, 3.8) is 0 Å². The molecule has 1 aromatic carbocycles. The second-order valence-electron chi connectivity index (χ2n) is 4.26. The lowest BCUT2D eigenvalue weighted by Crippen LogP contribution is -2.29. The molecule has 0 radical (unpaired) electrons. The second kappa shape index (κ2) is 5.68. The average Bonchev–Trinajstić information content (AvgIpc) is 2.26. The number of rotatable bonds is 5. The number of carboxylic acids is 1. The van der Waals surface area contributed by atoms with Gasteiger partial charge in [0.2, 0.25) is 10.0 Å². The van der Waals surface area contributed by atoms with Crippen molar-refractivity contribution >= 4 is 16.0 Å². The van der Waals surface area contributed by atoms with E-state index >= 15 is 0 Å². The number of benzene rings is 1. The summed E-state index contributed by atoms with van der Waals surface area (Å²) >= 11 is 0. The summed E-state index contributed by atoms with van der Waals surface area (Å²) in [6.45, 7) is 5.04. The van der Waals surface area contributed by atoms with Crippen LogP contribution in [-0.2, 0) is 10.0 Å². The quantitative estimate of drug-likeness (QED) is 0.843. The molecule has 1 N–H and O–H groups in total. The van der Waals surface area contributed by atoms with Crippen LogP contribution in [0.25, 0.3) is 0 Å². The molecule has 0 aromatic heterocycles. The monoisotopic (exact) mass is 305 g/mol. The third-order valence-corrected chi connectivity index (χ3v) is 4.27. The number of carbonyl (C=O) groups is 1. The van der Waals surface area contributed by atoms with E-state index in [9.17, 15) is 22.0 Å². The predicted molar refractivity (Wildman–Crippen MR) is 67.9 cm³/mol. The molecule has 0 heterocycles. The Balaban J connectivity index is 3.44. The van der Waals surface area contributed by atoms with Gasteiger partial charge in [-0.1, -0.05) is 12.2 Å². The summed E-state index contributed by atoms with van der Waals surface area (Å²) in [5, 5.41) is 8.72. The van der Waals surface area contributed by atoms with E-state index in [1.54, 1.807) is 6.92 Å². The second-order valence-corrected chi connectivity index (χ2v) is 6.27. The molecule has 0 aliphatic carbocycles. The van der Waals surface area contributed by atoms with Crippen LogP contribution in [-0.4, -0.2) is 37.4 Å². The van der Waals surface area contributed by atoms with Gasteiger partial charge in [-0.05, 0) is 19.1 Å². The minimum absolute atomic E-state index is 0.0679. The number of sulfonamides is 1. The Morgan fingerprint density at radius 1 is 1.40 bits per heavy atom. The van der Waals surface area contributed by atoms with Gasteiger partial charge in [0, 0.05) is 13.6 Å². The molecule has 20 heavy (non-hydrogen) atoms. The Labute approximate surface area is 115 Å². The Morgan fingerprint density at radius 2 is 1.95 bits per heavy atom. The van der Waals surface area contributed by atoms with Gasteiger partial charge in [-0.3, -0.25) is 0 Å². The summed E-state index contributed by atoms with van der Waals surface area (Å²) in [5.41, 5.74) is -0.785. The van der Waals surface area contributed by atoms with Crippen LogP contribution in [0.1, 0.15) is 17.3 Å². The smallest absolute Gasteiger partial charge is 0.341 e. The Hall–Kier alpha value is -1.80. The molecule has 0 saturated heterocycles. The van der Waals surface area contributed by atoms with Gasteiger partial charge in [0.05, 0.1) is 0 Å². The maximum atomic E-state index is 13.9. The number of nitrogens with zero attached hydrogens (tertiary/aromatic N) is 1. The lowest BCUT2D eigenvalue weighted by molar-refractivity contribution is 0.0685. The standard InChI is InChI=1S/C12H13F2NO4S/c1-7(2)6-15(3)20(18,19)9-5-4-8(13)10(11(9)14)12(16)17/h4-5H,1,6H2,2-3H3,(H,16,17). The summed E-state index contributed by atoms with van der Waals surface area (Å²) in [6.07, 6.45) is 0. The Kier molecular flexibility index (Phi) is 4.61. The first-order valence-electron chi connectivity index (χ1n) is 5.41. The molecule has 8 heteroatoms. The first-order valence-corrected chi connectivity index (χ1v) is 6.85. The van der Waals surface area contributed by atoms with E-state index in [1.807, 2.05) is 0 Å². The number of halogens is 2. The molecular formula is C12H13F2NO4S. The Bertz CT molecular complexity index is 670. The molecule has 0 unspecified atom stereocenters. The number of hydrogen-bond acceptors (Lipinski definition) is 3. The summed E-state index contributed by atoms with van der Waals surface area (Å²) in [4.78, 5) is 9.88. The first kappa shape index (κ1) is 16.3. The average molecular weight is 305 g/mol. The van der Waals surface area contributed by atoms with Crippen molar-refractivity contribution in [3.8, 4) is 0 Å². The highest BCUT2D eigenvalue weighted by Gasteiger charge is 2.29. The number of hydrogen-bond donors (Lipinski definition) is 1. The minimum Gasteiger partial charge on any atom is -0.477 e. The summed E-state index contributed by atoms with van der Waals surface area (Å²) in [7, 11) is -3.08. The fourth-order valence-corrected chi connectivity index (χ4v) is 2.86. The number of aromatic carboxylic acids is 1. The lowest BCUT2D eigenvalue weighted by atomic mass is 10.2. The van der Waals surface area contributed by atoms with E-state index in [1.165, 1.54) is 7.05 Å². The van der Waals surface area contributed by atoms with Crippen LogP contribution in [0.3, 0.4) is 0 Å². The van der Waals surface area contributed by atoms with E-state index < -0.39 is 38.1 Å². The van der Waals surface area contributed by atoms with E-state index in [-0.39, 0.29) is 6.54 Å². The molecule has 0 fully saturated rings. The van der Waals surface area contributed by atoms with E-state index in [4.69, 9.17) is 5.11 Å². The van der Waals surface area contributed by atoms with Crippen LogP contribution in [0.2, 0.25) is 0 Å². The van der Waals surface area contributed by atoms with Crippen LogP contribution < -0.4 is 0 Å². The van der Waals surface area contributed by atoms with Crippen molar-refractivity contribution in [1.82, 2.24) is 4.31 Å². The van der Waals surface area contributed by atoms with Crippen molar-refractivity contribution in [3.05, 3.63) is 41.5 Å². The molecule has 0 aliphatic rings. The third-order valence-electron chi connectivity index (χ3n) is 2.45. The molecule has 0 atom stereocenters. The van der Waals surface area contributed by atoms with Crippen molar-refractivity contribution in [2.45, 2.75) is 11.8 Å². The van der Waals surface area contributed by atoms with Gasteiger partial charge in [0.25, 0.3) is 0 Å². The molecule has 110 valence electrons. The van der Waals surface area contributed by atoms with Crippen LogP contribution in [0.15, 0.2) is 29.2 Å². The lowest BCUT2D eigenvalue weighted by Gasteiger charge is -2.18. The number of carboxylic acid groups (broad SMARTS) is 1. The summed E-state index contributed by atoms with van der Waals surface area (Å²) < 4.78 is 52.2. The van der Waals surface area contributed by atoms with Crippen molar-refractivity contribution in [2.75, 3.05) is 13.6 Å². The SMILES string of the molecule is C=C(C)CN(C)S(=O)(=O)c1ccc(F)c(C(=O)O)c1F. The van der Waals surface area contributed by atoms with Gasteiger partial charge < -0.3 is 5.11 Å². The van der Waals surface area contributed by atoms with Crippen molar-refractivity contribution in [2.24, 2.45) is 0 Å². The first-order chi connectivity index (χ1) is 9.09. The van der Waals surface area contributed by atoms with Crippen molar-refractivity contribution in [1.29, 1.82) is 0 Å². The van der Waals surface area contributed by atoms with E-state index in [2.05, 4.69) is 6.58 Å². The fourth-order valence-electron chi connectivity index (χ4n) is 1.56. The van der Waals surface area contributed by atoms with Gasteiger partial charge in [-0.15, -0.1) is 0 Å². The maximum Gasteiger partial charge on any atom is 0.341 e. The minimum atomic E-state index is -4.27. The van der Waals surface area contributed by atoms with Gasteiger partial charge in [-0.25, -0.2) is 22.0 Å². The highest BCUT2D eigenvalue weighted by molar-refractivity contribution is 7.89. The van der Waals surface area contributed by atoms with Gasteiger partial charge in [0.15, 0.2) is 5.82 Å². The molecule has 0 bridgehead atoms. The van der Waals surface area contributed by atoms with E-state index in [0.717, 1.165) is 4.31 Å². The van der Waals surface area contributed by atoms with Crippen LogP contribution in [0.4, 0.5) is 8.78 Å². The molecule has 1 aromatic rings. The Morgan fingerprint density at radius 3 is 2.40 bits per heavy atom. The zero-order chi connectivity index (χ0) is 15.7. The molecule has 0 saturated carbocycles. The topological polar surface area (TPSA) is 74.7 Å². The maximum absolute atomic E-state index is 13.9. The molecule has 0 spiro atoms. The van der Waals surface area contributed by atoms with Gasteiger partial charge in [-0.2, -0.15) is 4.31 Å². The zero-order valence-electron chi connectivity index (χ0n) is 10.9. The molecule has 0 aliphatic heterocycles. The molecule has 0 amide bonds. The van der Waals surface area contributed by atoms with Crippen molar-refractivity contribution < 1.29 is 27.1 Å². The fraction of sp³-hybridized carbons (Fsp3) is 0.250. The zero-order valence-corrected chi connectivity index (χ0v) is 11.7. The van der Waals surface area contributed by atoms with Crippen LogP contribution in [0, 0.1) is 11.6 Å². The van der Waals surface area contributed by atoms with Gasteiger partial charge >= 0.3 is 5.97 Å². The highest BCUT2D eigenvalue weighted by atomic mass is 32.2. The molecule has 5 nitrogen and oxygen atoms in total. The van der Waals surface area contributed by atoms with E-state index in [0.29, 0.717) is 17.7 Å². The van der Waals surface area contributed by atoms with Gasteiger partial charge in [0.1, 0.15) is 16.3 Å². The normalized spacial score (nSPS) is 11.7. The summed E-state index contributed by atoms with van der Waals surface area (Å²) in [6, 6.07) is 1.30. The van der Waals surface area contributed by atoms with Crippen LogP contribution >= 0.6 is 0 Å². The highest BCUT2D eigenvalue weighted by Crippen LogP contribution is 2.23. The largest absolute Gasteiger partial charge is 0.477 e.